The van der Waals surface area contributed by atoms with E-state index in [0.29, 0.717) is 30.4 Å². The summed E-state index contributed by atoms with van der Waals surface area (Å²) < 4.78 is 52.5. The van der Waals surface area contributed by atoms with Gasteiger partial charge in [0.05, 0.1) is 30.7 Å². The number of hydrogen-bond acceptors (Lipinski definition) is 6. The SMILES string of the molecule is CCCOP(=O)(OCCC)c1cc(C)cc(C(=O)N[C@@H](Cc2cc(F)cc(F)c2)[C@H](O)[C@H]2CCCN2)c1. The zero-order valence-corrected chi connectivity index (χ0v) is 22.5. The van der Waals surface area contributed by atoms with Crippen LogP contribution >= 0.6 is 7.60 Å². The number of carbonyl (C=O) groups is 1. The second kappa shape index (κ2) is 13.6. The van der Waals surface area contributed by atoms with Crippen molar-refractivity contribution in [3.63, 3.8) is 0 Å². The third kappa shape index (κ3) is 8.16. The minimum absolute atomic E-state index is 0.0240. The summed E-state index contributed by atoms with van der Waals surface area (Å²) in [6.07, 6.45) is 1.92. The maximum atomic E-state index is 13.8. The minimum atomic E-state index is -3.66. The van der Waals surface area contributed by atoms with Crippen LogP contribution in [0.5, 0.6) is 0 Å². The zero-order chi connectivity index (χ0) is 27.0. The van der Waals surface area contributed by atoms with E-state index in [-0.39, 0.29) is 36.5 Å². The number of nitrogens with one attached hydrogen (secondary N) is 2. The first-order valence-electron chi connectivity index (χ1n) is 12.8. The Labute approximate surface area is 217 Å². The van der Waals surface area contributed by atoms with Crippen molar-refractivity contribution in [2.45, 2.75) is 71.1 Å². The molecule has 3 atom stereocenters. The summed E-state index contributed by atoms with van der Waals surface area (Å²) in [6.45, 7) is 6.78. The predicted octanol–water partition coefficient (Wildman–Crippen LogP) is 4.40. The van der Waals surface area contributed by atoms with E-state index in [2.05, 4.69) is 10.6 Å². The van der Waals surface area contributed by atoms with Crippen LogP contribution in [0.25, 0.3) is 0 Å². The van der Waals surface area contributed by atoms with Gasteiger partial charge in [0.1, 0.15) is 11.6 Å². The third-order valence-corrected chi connectivity index (χ3v) is 8.12. The lowest BCUT2D eigenvalue weighted by Crippen LogP contribution is -2.52. The van der Waals surface area contributed by atoms with E-state index >= 15 is 0 Å². The number of aliphatic hydroxyl groups excluding tert-OH is 1. The van der Waals surface area contributed by atoms with E-state index in [1.54, 1.807) is 19.1 Å². The summed E-state index contributed by atoms with van der Waals surface area (Å²) in [5.41, 5.74) is 1.22. The smallest absolute Gasteiger partial charge is 0.361 e. The Hall–Kier alpha value is -2.16. The third-order valence-electron chi connectivity index (χ3n) is 6.19. The van der Waals surface area contributed by atoms with Crippen LogP contribution in [0.1, 0.15) is 61.0 Å². The highest BCUT2D eigenvalue weighted by Crippen LogP contribution is 2.47. The van der Waals surface area contributed by atoms with Crippen LogP contribution in [0.15, 0.2) is 36.4 Å². The van der Waals surface area contributed by atoms with E-state index in [1.165, 1.54) is 18.2 Å². The van der Waals surface area contributed by atoms with Crippen molar-refractivity contribution in [3.8, 4) is 0 Å². The first-order valence-corrected chi connectivity index (χ1v) is 14.4. The van der Waals surface area contributed by atoms with E-state index < -0.39 is 37.3 Å². The molecule has 204 valence electrons. The maximum absolute atomic E-state index is 13.8. The number of benzene rings is 2. The van der Waals surface area contributed by atoms with E-state index in [1.807, 2.05) is 13.8 Å². The van der Waals surface area contributed by atoms with Crippen molar-refractivity contribution in [2.24, 2.45) is 0 Å². The summed E-state index contributed by atoms with van der Waals surface area (Å²) in [5, 5.41) is 17.4. The molecule has 0 unspecified atom stereocenters. The lowest BCUT2D eigenvalue weighted by atomic mass is 9.95. The van der Waals surface area contributed by atoms with Crippen LogP contribution in [0.2, 0.25) is 0 Å². The van der Waals surface area contributed by atoms with Crippen molar-refractivity contribution in [1.29, 1.82) is 0 Å². The van der Waals surface area contributed by atoms with Crippen molar-refractivity contribution in [2.75, 3.05) is 19.8 Å². The molecule has 0 radical (unpaired) electrons. The van der Waals surface area contributed by atoms with Crippen molar-refractivity contribution >= 4 is 18.8 Å². The lowest BCUT2D eigenvalue weighted by molar-refractivity contribution is 0.0737. The molecule has 3 rings (SSSR count). The Morgan fingerprint density at radius 3 is 2.32 bits per heavy atom. The average Bonchev–Trinajstić information content (AvgIpc) is 3.39. The normalized spacial score (nSPS) is 17.5. The summed E-state index contributed by atoms with van der Waals surface area (Å²) in [5.74, 6) is -1.97. The standard InChI is InChI=1S/C27H37F2N2O5P/c1-4-9-35-37(34,36-10-5-2)23-12-18(3)11-20(16-23)27(33)31-25(26(32)24-7-6-8-30-24)15-19-13-21(28)17-22(29)14-19/h11-14,16-17,24-26,30,32H,4-10,15H2,1-3H3,(H,31,33)/t24-,25+,26-/m1/s1. The van der Waals surface area contributed by atoms with Gasteiger partial charge in [-0.25, -0.2) is 8.78 Å². The molecule has 1 heterocycles. The van der Waals surface area contributed by atoms with Crippen molar-refractivity contribution in [1.82, 2.24) is 10.6 Å². The molecule has 1 aliphatic rings. The fraction of sp³-hybridized carbons (Fsp3) is 0.519. The van der Waals surface area contributed by atoms with Crippen LogP contribution in [0, 0.1) is 18.6 Å². The Balaban J connectivity index is 1.89. The van der Waals surface area contributed by atoms with Gasteiger partial charge in [0.2, 0.25) is 0 Å². The van der Waals surface area contributed by atoms with Crippen molar-refractivity contribution in [3.05, 3.63) is 64.7 Å². The van der Waals surface area contributed by atoms with E-state index in [0.717, 1.165) is 19.0 Å². The van der Waals surface area contributed by atoms with E-state index in [4.69, 9.17) is 9.05 Å². The number of aryl methyl sites for hydroxylation is 1. The van der Waals surface area contributed by atoms with Crippen LogP contribution < -0.4 is 15.9 Å². The molecular weight excluding hydrogens is 501 g/mol. The van der Waals surface area contributed by atoms with Crippen LogP contribution in [0.3, 0.4) is 0 Å². The van der Waals surface area contributed by atoms with Gasteiger partial charge in [0.15, 0.2) is 0 Å². The quantitative estimate of drug-likeness (QED) is 0.327. The molecule has 0 bridgehead atoms. The number of halogens is 2. The van der Waals surface area contributed by atoms with Crippen LogP contribution in [-0.2, 0) is 20.0 Å². The highest BCUT2D eigenvalue weighted by molar-refractivity contribution is 7.62. The number of hydrogen-bond donors (Lipinski definition) is 3. The van der Waals surface area contributed by atoms with Crippen LogP contribution in [0.4, 0.5) is 8.78 Å². The molecule has 10 heteroatoms. The second-order valence-electron chi connectivity index (χ2n) is 9.48. The van der Waals surface area contributed by atoms with Gasteiger partial charge >= 0.3 is 7.60 Å². The topological polar surface area (TPSA) is 96.9 Å². The first kappa shape index (κ1) is 29.4. The molecule has 1 saturated heterocycles. The van der Waals surface area contributed by atoms with Gasteiger partial charge in [-0.15, -0.1) is 0 Å². The van der Waals surface area contributed by atoms with Gasteiger partial charge in [-0.3, -0.25) is 9.36 Å². The predicted molar refractivity (Wildman–Crippen MR) is 139 cm³/mol. The van der Waals surface area contributed by atoms with Gasteiger partial charge in [-0.1, -0.05) is 13.8 Å². The highest BCUT2D eigenvalue weighted by atomic mass is 31.2. The molecule has 1 fully saturated rings. The number of aliphatic hydroxyl groups is 1. The van der Waals surface area contributed by atoms with Gasteiger partial charge in [0, 0.05) is 17.7 Å². The zero-order valence-electron chi connectivity index (χ0n) is 21.6. The summed E-state index contributed by atoms with van der Waals surface area (Å²) in [4.78, 5) is 13.4. The molecule has 7 nitrogen and oxygen atoms in total. The monoisotopic (exact) mass is 538 g/mol. The summed E-state index contributed by atoms with van der Waals surface area (Å²) in [6, 6.07) is 6.86. The summed E-state index contributed by atoms with van der Waals surface area (Å²) in [7, 11) is -3.66. The Kier molecular flexibility index (Phi) is 10.8. The fourth-order valence-electron chi connectivity index (χ4n) is 4.44. The Morgan fingerprint density at radius 1 is 1.11 bits per heavy atom. The molecular formula is C27H37F2N2O5P. The Bertz CT molecular complexity index is 1080. The molecule has 2 aromatic carbocycles. The average molecular weight is 539 g/mol. The molecule has 37 heavy (non-hydrogen) atoms. The molecule has 1 aliphatic heterocycles. The van der Waals surface area contributed by atoms with Gasteiger partial charge in [0.25, 0.3) is 5.91 Å². The minimum Gasteiger partial charge on any atom is -0.389 e. The molecule has 1 amide bonds. The lowest BCUT2D eigenvalue weighted by Gasteiger charge is -2.29. The molecule has 0 saturated carbocycles. The van der Waals surface area contributed by atoms with Crippen molar-refractivity contribution < 1.29 is 32.3 Å². The molecule has 0 aliphatic carbocycles. The Morgan fingerprint density at radius 2 is 1.76 bits per heavy atom. The number of amides is 1. The second-order valence-corrected chi connectivity index (χ2v) is 11.5. The molecule has 3 N–H and O–H groups in total. The van der Waals surface area contributed by atoms with Gasteiger partial charge in [-0.05, 0) is 87.0 Å². The number of rotatable bonds is 13. The maximum Gasteiger partial charge on any atom is 0.361 e. The molecule has 0 aromatic heterocycles. The molecule has 0 spiro atoms. The van der Waals surface area contributed by atoms with Gasteiger partial charge < -0.3 is 24.8 Å². The van der Waals surface area contributed by atoms with E-state index in [9.17, 15) is 23.2 Å². The largest absolute Gasteiger partial charge is 0.389 e. The number of carbonyl (C=O) groups excluding carboxylic acids is 1. The molecule has 2 aromatic rings. The van der Waals surface area contributed by atoms with Gasteiger partial charge in [-0.2, -0.15) is 0 Å². The van der Waals surface area contributed by atoms with Crippen LogP contribution in [-0.4, -0.2) is 49.0 Å². The highest BCUT2D eigenvalue weighted by Gasteiger charge is 2.33. The summed E-state index contributed by atoms with van der Waals surface area (Å²) >= 11 is 0. The fourth-order valence-corrected chi connectivity index (χ4v) is 6.31. The first-order chi connectivity index (χ1) is 17.6.